The Hall–Kier alpha value is -7.74. The molecule has 0 bridgehead atoms. The fourth-order valence-corrected chi connectivity index (χ4v) is 8.40. The van der Waals surface area contributed by atoms with Crippen LogP contribution in [-0.4, -0.2) is 15.0 Å². The number of hydrogen-bond acceptors (Lipinski definition) is 4. The Bertz CT molecular complexity index is 2910. The Morgan fingerprint density at radius 1 is 0.333 bits per heavy atom. The van der Waals surface area contributed by atoms with Gasteiger partial charge >= 0.3 is 0 Å². The summed E-state index contributed by atoms with van der Waals surface area (Å²) in [6.07, 6.45) is 0. The molecular weight excluding hydrogens is 693 g/mol. The molecule has 8 aromatic carbocycles. The lowest BCUT2D eigenvalue weighted by molar-refractivity contribution is 0.768. The average Bonchev–Trinajstić information content (AvgIpc) is 3.59. The summed E-state index contributed by atoms with van der Waals surface area (Å²) >= 11 is 0. The van der Waals surface area contributed by atoms with E-state index in [0.717, 1.165) is 66.8 Å². The molecule has 0 atom stereocenters. The summed E-state index contributed by atoms with van der Waals surface area (Å²) in [7, 11) is 0. The Kier molecular flexibility index (Phi) is 8.39. The Morgan fingerprint density at radius 2 is 0.789 bits per heavy atom. The van der Waals surface area contributed by atoms with Gasteiger partial charge in [-0.2, -0.15) is 5.26 Å². The van der Waals surface area contributed by atoms with Gasteiger partial charge in [0.2, 0.25) is 0 Å². The minimum Gasteiger partial charge on any atom is -0.208 e. The van der Waals surface area contributed by atoms with Crippen molar-refractivity contribution >= 4 is 0 Å². The smallest absolute Gasteiger partial charge is 0.164 e. The number of aromatic nitrogens is 3. The molecule has 9 aromatic rings. The van der Waals surface area contributed by atoms with Gasteiger partial charge in [-0.25, -0.2) is 15.0 Å². The van der Waals surface area contributed by atoms with Crippen molar-refractivity contribution in [3.63, 3.8) is 0 Å². The van der Waals surface area contributed by atoms with E-state index in [0.29, 0.717) is 23.0 Å². The third-order valence-electron chi connectivity index (χ3n) is 11.0. The van der Waals surface area contributed by atoms with Gasteiger partial charge in [-0.05, 0) is 86.0 Å². The molecule has 0 saturated heterocycles. The second-order valence-corrected chi connectivity index (χ2v) is 14.3. The zero-order valence-corrected chi connectivity index (χ0v) is 30.9. The molecule has 0 aliphatic heterocycles. The summed E-state index contributed by atoms with van der Waals surface area (Å²) in [5, 5.41) is 10.1. The van der Waals surface area contributed by atoms with Gasteiger partial charge in [0.15, 0.2) is 17.5 Å². The highest BCUT2D eigenvalue weighted by Gasteiger charge is 2.46. The lowest BCUT2D eigenvalue weighted by Gasteiger charge is -2.34. The van der Waals surface area contributed by atoms with E-state index in [9.17, 15) is 5.26 Å². The number of fused-ring (bicyclic) bond motifs is 3. The van der Waals surface area contributed by atoms with Crippen LogP contribution in [0.5, 0.6) is 0 Å². The lowest BCUT2D eigenvalue weighted by Crippen LogP contribution is -2.28. The standard InChI is InChI=1S/C53H34N4/c54-35-36-27-29-46-47-34-41(28-30-48(47)53(49(46)31-36,44-23-9-3-10-24-44)45-25-11-4-12-26-45)40-20-14-22-43(33-40)52-56-50(38-17-7-2-8-18-38)55-51(57-52)42-21-13-19-39(32-42)37-15-5-1-6-16-37/h1-34H. The summed E-state index contributed by atoms with van der Waals surface area (Å²) in [6.45, 7) is 0. The molecule has 0 N–H and O–H groups in total. The first kappa shape index (κ1) is 33.8. The minimum absolute atomic E-state index is 0.590. The molecule has 0 spiro atoms. The molecule has 1 heterocycles. The zero-order valence-electron chi connectivity index (χ0n) is 30.9. The van der Waals surface area contributed by atoms with Crippen LogP contribution in [0.1, 0.15) is 27.8 Å². The fourth-order valence-electron chi connectivity index (χ4n) is 8.40. The SMILES string of the molecule is N#Cc1ccc2c(c1)C(c1ccccc1)(c1ccccc1)c1ccc(-c3cccc(-c4nc(-c5ccccc5)nc(-c5cccc(-c6ccccc6)c5)n4)c3)cc1-2. The van der Waals surface area contributed by atoms with E-state index < -0.39 is 5.41 Å². The van der Waals surface area contributed by atoms with Crippen LogP contribution in [0, 0.1) is 11.3 Å². The summed E-state index contributed by atoms with van der Waals surface area (Å²) in [6, 6.07) is 73.9. The Labute approximate surface area is 332 Å². The molecule has 1 aromatic heterocycles. The van der Waals surface area contributed by atoms with Crippen molar-refractivity contribution < 1.29 is 0 Å². The van der Waals surface area contributed by atoms with Gasteiger partial charge < -0.3 is 0 Å². The molecule has 266 valence electrons. The first-order valence-corrected chi connectivity index (χ1v) is 19.1. The Morgan fingerprint density at radius 3 is 1.35 bits per heavy atom. The van der Waals surface area contributed by atoms with E-state index in [1.54, 1.807) is 0 Å². The van der Waals surface area contributed by atoms with Crippen LogP contribution < -0.4 is 0 Å². The summed E-state index contributed by atoms with van der Waals surface area (Å²) in [4.78, 5) is 15.2. The maximum absolute atomic E-state index is 10.1. The highest BCUT2D eigenvalue weighted by Crippen LogP contribution is 2.57. The molecule has 0 amide bonds. The van der Waals surface area contributed by atoms with Crippen molar-refractivity contribution in [1.29, 1.82) is 5.26 Å². The zero-order chi connectivity index (χ0) is 38.2. The van der Waals surface area contributed by atoms with Crippen LogP contribution in [0.25, 0.3) is 67.5 Å². The van der Waals surface area contributed by atoms with E-state index in [2.05, 4.69) is 170 Å². The number of hydrogen-bond donors (Lipinski definition) is 0. The predicted octanol–water partition coefficient (Wildman–Crippen LogP) is 12.4. The van der Waals surface area contributed by atoms with Crippen LogP contribution in [0.4, 0.5) is 0 Å². The summed E-state index contributed by atoms with van der Waals surface area (Å²) in [5.41, 5.74) is 14.1. The molecule has 4 nitrogen and oxygen atoms in total. The fraction of sp³-hybridized carbons (Fsp3) is 0.0189. The van der Waals surface area contributed by atoms with E-state index in [-0.39, 0.29) is 0 Å². The number of benzene rings is 8. The average molecular weight is 727 g/mol. The maximum Gasteiger partial charge on any atom is 0.164 e. The molecule has 0 radical (unpaired) electrons. The molecule has 0 unspecified atom stereocenters. The van der Waals surface area contributed by atoms with E-state index in [1.165, 1.54) is 5.56 Å². The van der Waals surface area contributed by atoms with Gasteiger partial charge in [0, 0.05) is 16.7 Å². The second kappa shape index (κ2) is 14.2. The third-order valence-corrected chi connectivity index (χ3v) is 11.0. The van der Waals surface area contributed by atoms with Crippen LogP contribution in [0.15, 0.2) is 206 Å². The van der Waals surface area contributed by atoms with Crippen LogP contribution >= 0.6 is 0 Å². The quantitative estimate of drug-likeness (QED) is 0.164. The van der Waals surface area contributed by atoms with Crippen LogP contribution in [-0.2, 0) is 5.41 Å². The molecule has 57 heavy (non-hydrogen) atoms. The van der Waals surface area contributed by atoms with Crippen molar-refractivity contribution in [1.82, 2.24) is 15.0 Å². The molecule has 10 rings (SSSR count). The van der Waals surface area contributed by atoms with Gasteiger partial charge in [-0.15, -0.1) is 0 Å². The number of rotatable bonds is 7. The second-order valence-electron chi connectivity index (χ2n) is 14.3. The van der Waals surface area contributed by atoms with Gasteiger partial charge in [-0.3, -0.25) is 0 Å². The third kappa shape index (κ3) is 5.90. The Balaban J connectivity index is 1.12. The van der Waals surface area contributed by atoms with Gasteiger partial charge in [0.25, 0.3) is 0 Å². The van der Waals surface area contributed by atoms with Gasteiger partial charge in [-0.1, -0.05) is 176 Å². The van der Waals surface area contributed by atoms with E-state index >= 15 is 0 Å². The monoisotopic (exact) mass is 726 g/mol. The first-order chi connectivity index (χ1) is 28.2. The molecule has 0 saturated carbocycles. The van der Waals surface area contributed by atoms with Gasteiger partial charge in [0.1, 0.15) is 0 Å². The lowest BCUT2D eigenvalue weighted by atomic mass is 9.67. The molecular formula is C53H34N4. The summed E-state index contributed by atoms with van der Waals surface area (Å²) in [5.74, 6) is 1.84. The minimum atomic E-state index is -0.590. The highest BCUT2D eigenvalue weighted by molar-refractivity contribution is 5.89. The first-order valence-electron chi connectivity index (χ1n) is 19.1. The van der Waals surface area contributed by atoms with E-state index in [4.69, 9.17) is 15.0 Å². The number of nitrogens with zero attached hydrogens (tertiary/aromatic N) is 4. The van der Waals surface area contributed by atoms with Crippen molar-refractivity contribution in [2.24, 2.45) is 0 Å². The maximum atomic E-state index is 10.1. The van der Waals surface area contributed by atoms with Crippen molar-refractivity contribution in [3.05, 3.63) is 234 Å². The topological polar surface area (TPSA) is 62.5 Å². The van der Waals surface area contributed by atoms with E-state index in [1.807, 2.05) is 42.5 Å². The molecule has 0 fully saturated rings. The molecule has 1 aliphatic rings. The molecule has 4 heteroatoms. The highest BCUT2D eigenvalue weighted by atomic mass is 15.0. The van der Waals surface area contributed by atoms with Crippen molar-refractivity contribution in [2.75, 3.05) is 0 Å². The number of nitriles is 1. The van der Waals surface area contributed by atoms with Crippen LogP contribution in [0.2, 0.25) is 0 Å². The predicted molar refractivity (Wildman–Crippen MR) is 229 cm³/mol. The summed E-state index contributed by atoms with van der Waals surface area (Å²) < 4.78 is 0. The van der Waals surface area contributed by atoms with Crippen molar-refractivity contribution in [3.8, 4) is 73.6 Å². The van der Waals surface area contributed by atoms with Crippen molar-refractivity contribution in [2.45, 2.75) is 5.41 Å². The normalized spacial score (nSPS) is 12.3. The largest absolute Gasteiger partial charge is 0.208 e. The van der Waals surface area contributed by atoms with Gasteiger partial charge in [0.05, 0.1) is 17.0 Å². The van der Waals surface area contributed by atoms with Crippen LogP contribution in [0.3, 0.4) is 0 Å². The molecule has 1 aliphatic carbocycles.